The molecule has 0 saturated carbocycles. The lowest BCUT2D eigenvalue weighted by atomic mass is 10.0. The van der Waals surface area contributed by atoms with Gasteiger partial charge in [-0.15, -0.1) is 0 Å². The topological polar surface area (TPSA) is 66.3 Å². The summed E-state index contributed by atoms with van der Waals surface area (Å²) in [7, 11) is 3.21. The van der Waals surface area contributed by atoms with E-state index in [1.54, 1.807) is 7.05 Å². The lowest BCUT2D eigenvalue weighted by Gasteiger charge is -2.30. The first-order valence-corrected chi connectivity index (χ1v) is 10.0. The fourth-order valence-electron chi connectivity index (χ4n) is 4.28. The van der Waals surface area contributed by atoms with Crippen molar-refractivity contribution in [1.82, 2.24) is 18.7 Å². The van der Waals surface area contributed by atoms with Gasteiger partial charge >= 0.3 is 5.69 Å². The highest BCUT2D eigenvalue weighted by Crippen LogP contribution is 2.14. The van der Waals surface area contributed by atoms with E-state index in [2.05, 4.69) is 19.1 Å². The first-order chi connectivity index (χ1) is 13.5. The van der Waals surface area contributed by atoms with Crippen molar-refractivity contribution in [3.8, 4) is 0 Å². The molecule has 1 unspecified atom stereocenters. The molecule has 28 heavy (non-hydrogen) atoms. The first kappa shape index (κ1) is 18.7. The summed E-state index contributed by atoms with van der Waals surface area (Å²) in [5.74, 6) is 0.876. The van der Waals surface area contributed by atoms with E-state index in [1.807, 2.05) is 22.8 Å². The Labute approximate surface area is 163 Å². The largest absolute Gasteiger partial charge is 0.332 e. The van der Waals surface area contributed by atoms with E-state index in [0.717, 1.165) is 24.5 Å². The van der Waals surface area contributed by atoms with Crippen molar-refractivity contribution in [2.45, 2.75) is 45.3 Å². The molecule has 7 nitrogen and oxygen atoms in total. The normalized spacial score (nSPS) is 20.0. The number of likely N-dealkylation sites (tertiary alicyclic amines) is 1. The predicted molar refractivity (Wildman–Crippen MR) is 109 cm³/mol. The highest BCUT2D eigenvalue weighted by Gasteiger charge is 2.26. The number of benzene rings is 1. The van der Waals surface area contributed by atoms with Crippen LogP contribution in [0.1, 0.15) is 37.6 Å². The van der Waals surface area contributed by atoms with E-state index in [9.17, 15) is 9.59 Å². The van der Waals surface area contributed by atoms with Crippen LogP contribution < -0.4 is 16.1 Å². The second-order valence-electron chi connectivity index (χ2n) is 7.96. The molecule has 3 heterocycles. The summed E-state index contributed by atoms with van der Waals surface area (Å²) < 4.78 is 4.67. The first-order valence-electron chi connectivity index (χ1n) is 10.0. The van der Waals surface area contributed by atoms with Crippen molar-refractivity contribution < 1.29 is 4.90 Å². The Morgan fingerprint density at radius 2 is 1.86 bits per heavy atom. The third-order valence-corrected chi connectivity index (χ3v) is 6.08. The lowest BCUT2D eigenvalue weighted by Crippen LogP contribution is -3.15. The minimum absolute atomic E-state index is 0.283. The molecule has 1 aliphatic rings. The molecule has 1 saturated heterocycles. The van der Waals surface area contributed by atoms with Crippen molar-refractivity contribution >= 4 is 11.2 Å². The maximum absolute atomic E-state index is 13.0. The molecule has 0 aliphatic carbocycles. The number of imidazole rings is 1. The fraction of sp³-hybridized carbons (Fsp3) is 0.476. The molecule has 0 bridgehead atoms. The van der Waals surface area contributed by atoms with Gasteiger partial charge in [0.1, 0.15) is 6.54 Å². The van der Waals surface area contributed by atoms with Gasteiger partial charge in [0.25, 0.3) is 5.56 Å². The second-order valence-corrected chi connectivity index (χ2v) is 7.96. The van der Waals surface area contributed by atoms with Gasteiger partial charge in [0, 0.05) is 20.6 Å². The molecule has 2 atom stereocenters. The van der Waals surface area contributed by atoms with Gasteiger partial charge in [0.15, 0.2) is 17.0 Å². The summed E-state index contributed by atoms with van der Waals surface area (Å²) in [4.78, 5) is 31.6. The third-order valence-electron chi connectivity index (χ3n) is 6.08. The number of quaternary nitrogens is 1. The van der Waals surface area contributed by atoms with Crippen molar-refractivity contribution in [3.63, 3.8) is 0 Å². The Balaban J connectivity index is 1.88. The number of nitrogens with one attached hydrogen (secondary N) is 1. The van der Waals surface area contributed by atoms with Crippen LogP contribution in [0.2, 0.25) is 0 Å². The highest BCUT2D eigenvalue weighted by molar-refractivity contribution is 5.71. The smallest absolute Gasteiger partial charge is 0.326 e. The maximum atomic E-state index is 13.0. The molecule has 4 rings (SSSR count). The molecule has 3 aromatic rings. The van der Waals surface area contributed by atoms with Crippen LogP contribution >= 0.6 is 0 Å². The maximum Gasteiger partial charge on any atom is 0.332 e. The Bertz CT molecular complexity index is 1110. The van der Waals surface area contributed by atoms with Crippen molar-refractivity contribution in [3.05, 3.63) is 62.6 Å². The molecule has 2 aromatic heterocycles. The van der Waals surface area contributed by atoms with Crippen molar-refractivity contribution in [2.75, 3.05) is 6.54 Å². The van der Waals surface area contributed by atoms with E-state index in [1.165, 1.54) is 40.3 Å². The van der Waals surface area contributed by atoms with Crippen LogP contribution in [0.25, 0.3) is 11.2 Å². The number of hydrogen-bond donors (Lipinski definition) is 1. The number of aryl methyl sites for hydroxylation is 1. The van der Waals surface area contributed by atoms with E-state index >= 15 is 0 Å². The average Bonchev–Trinajstić information content (AvgIpc) is 3.05. The predicted octanol–water partition coefficient (Wildman–Crippen LogP) is 0.439. The minimum Gasteiger partial charge on any atom is -0.326 e. The number of rotatable bonds is 4. The molecule has 1 N–H and O–H groups in total. The fourth-order valence-corrected chi connectivity index (χ4v) is 4.28. The van der Waals surface area contributed by atoms with Gasteiger partial charge in [-0.05, 0) is 31.7 Å². The van der Waals surface area contributed by atoms with Gasteiger partial charge in [-0.3, -0.25) is 13.9 Å². The van der Waals surface area contributed by atoms with E-state index < -0.39 is 0 Å². The molecule has 0 radical (unpaired) electrons. The van der Waals surface area contributed by atoms with Gasteiger partial charge in [0.05, 0.1) is 12.6 Å². The molecule has 1 fully saturated rings. The highest BCUT2D eigenvalue weighted by atomic mass is 16.2. The molecule has 1 aliphatic heterocycles. The SMILES string of the molecule is C[C@@H]1CCCC[NH+]1Cc1nc2c(c(=O)n(C)c(=O)n2C)n1Cc1ccccc1. The van der Waals surface area contributed by atoms with Gasteiger partial charge in [0.2, 0.25) is 0 Å². The van der Waals surface area contributed by atoms with Crippen molar-refractivity contribution in [1.29, 1.82) is 0 Å². The van der Waals surface area contributed by atoms with Crippen LogP contribution in [0.3, 0.4) is 0 Å². The average molecular weight is 382 g/mol. The summed E-state index contributed by atoms with van der Waals surface area (Å²) in [6.45, 7) is 4.74. The molecular formula is C21H28N5O2+. The van der Waals surface area contributed by atoms with E-state index in [4.69, 9.17) is 4.98 Å². The van der Waals surface area contributed by atoms with Crippen LogP contribution in [0, 0.1) is 0 Å². The zero-order valence-electron chi connectivity index (χ0n) is 16.8. The van der Waals surface area contributed by atoms with Crippen molar-refractivity contribution in [2.24, 2.45) is 14.1 Å². The second kappa shape index (κ2) is 7.39. The number of nitrogens with zero attached hydrogens (tertiary/aromatic N) is 4. The molecular weight excluding hydrogens is 354 g/mol. The molecule has 1 aromatic carbocycles. The van der Waals surface area contributed by atoms with Crippen LogP contribution in [0.15, 0.2) is 39.9 Å². The quantitative estimate of drug-likeness (QED) is 0.712. The summed E-state index contributed by atoms with van der Waals surface area (Å²) >= 11 is 0. The Morgan fingerprint density at radius 1 is 1.11 bits per heavy atom. The van der Waals surface area contributed by atoms with E-state index in [-0.39, 0.29) is 11.2 Å². The number of fused-ring (bicyclic) bond motifs is 1. The van der Waals surface area contributed by atoms with Crippen LogP contribution in [-0.4, -0.2) is 31.3 Å². The molecule has 7 heteroatoms. The molecule has 0 spiro atoms. The molecule has 0 amide bonds. The van der Waals surface area contributed by atoms with Gasteiger partial charge < -0.3 is 9.47 Å². The van der Waals surface area contributed by atoms with Gasteiger partial charge in [-0.25, -0.2) is 9.78 Å². The zero-order chi connectivity index (χ0) is 19.8. The molecule has 148 valence electrons. The number of aromatic nitrogens is 4. The van der Waals surface area contributed by atoms with Crippen LogP contribution in [0.5, 0.6) is 0 Å². The minimum atomic E-state index is -0.341. The zero-order valence-corrected chi connectivity index (χ0v) is 16.8. The summed E-state index contributed by atoms with van der Waals surface area (Å²) in [5, 5.41) is 0. The van der Waals surface area contributed by atoms with Crippen LogP contribution in [-0.2, 0) is 27.2 Å². The lowest BCUT2D eigenvalue weighted by molar-refractivity contribution is -0.942. The van der Waals surface area contributed by atoms with Gasteiger partial charge in [-0.2, -0.15) is 0 Å². The third kappa shape index (κ3) is 3.20. The van der Waals surface area contributed by atoms with E-state index in [0.29, 0.717) is 23.8 Å². The van der Waals surface area contributed by atoms with Crippen LogP contribution in [0.4, 0.5) is 0 Å². The Kier molecular flexibility index (Phi) is 4.93. The standard InChI is InChI=1S/C21H27N5O2/c1-15-9-7-8-12-25(15)14-17-22-19-18(20(27)24(3)21(28)23(19)2)26(17)13-16-10-5-4-6-11-16/h4-6,10-11,15H,7-9,12-14H2,1-3H3/p+1/t15-/m1/s1. The monoisotopic (exact) mass is 382 g/mol. The van der Waals surface area contributed by atoms with Gasteiger partial charge in [-0.1, -0.05) is 30.3 Å². The number of piperidine rings is 1. The summed E-state index contributed by atoms with van der Waals surface area (Å²) in [5.41, 5.74) is 1.47. The summed E-state index contributed by atoms with van der Waals surface area (Å²) in [6, 6.07) is 10.7. The Hall–Kier alpha value is -2.67. The summed E-state index contributed by atoms with van der Waals surface area (Å²) in [6.07, 6.45) is 3.72. The number of hydrogen-bond acceptors (Lipinski definition) is 3. The Morgan fingerprint density at radius 3 is 2.57 bits per heavy atom.